The molecule has 0 aromatic heterocycles. The van der Waals surface area contributed by atoms with Gasteiger partial charge in [-0.3, -0.25) is 4.79 Å². The van der Waals surface area contributed by atoms with Crippen molar-refractivity contribution in [1.82, 2.24) is 4.90 Å². The van der Waals surface area contributed by atoms with Gasteiger partial charge in [0.1, 0.15) is 0 Å². The minimum Gasteiger partial charge on any atom is -0.594 e. The van der Waals surface area contributed by atoms with Crippen LogP contribution >= 0.6 is 8.03 Å². The molecule has 0 rings (SSSR count). The number of nitrogens with zero attached hydrogens (tertiary/aromatic N) is 1. The molecular formula is C5H10NO3P. The van der Waals surface area contributed by atoms with Gasteiger partial charge in [0.25, 0.3) is 0 Å². The van der Waals surface area contributed by atoms with E-state index in [0.717, 1.165) is 0 Å². The monoisotopic (exact) mass is 163 g/mol. The molecule has 5 heteroatoms. The first-order valence-electron chi connectivity index (χ1n) is 2.95. The fraction of sp³-hybridized carbons (Fsp3) is 0.800. The van der Waals surface area contributed by atoms with Crippen LogP contribution < -0.4 is 4.89 Å². The zero-order valence-electron chi connectivity index (χ0n) is 6.03. The highest BCUT2D eigenvalue weighted by Gasteiger charge is 2.11. The molecule has 0 N–H and O–H groups in total. The molecule has 0 saturated carbocycles. The quantitative estimate of drug-likeness (QED) is 0.546. The van der Waals surface area contributed by atoms with Gasteiger partial charge in [0, 0.05) is 13.5 Å². The second kappa shape index (κ2) is 4.36. The molecule has 0 bridgehead atoms. The summed E-state index contributed by atoms with van der Waals surface area (Å²) in [5.74, 6) is -0.207. The number of carbonyl (C=O) groups excluding carboxylic acids is 1. The van der Waals surface area contributed by atoms with Gasteiger partial charge in [-0.1, -0.05) is 4.57 Å². The van der Waals surface area contributed by atoms with Crippen molar-refractivity contribution in [2.45, 2.75) is 13.8 Å². The topological polar surface area (TPSA) is 60.4 Å². The number of carbonyl (C=O) groups is 1. The molecule has 0 aliphatic rings. The Bertz CT molecular complexity index is 148. The van der Waals surface area contributed by atoms with Crippen LogP contribution in [0.15, 0.2) is 0 Å². The minimum absolute atomic E-state index is 0.166. The minimum atomic E-state index is -2.47. The smallest absolute Gasteiger partial charge is 0.330 e. The van der Waals surface area contributed by atoms with E-state index >= 15 is 0 Å². The summed E-state index contributed by atoms with van der Waals surface area (Å²) in [5, 5.41) is 0. The molecule has 0 spiro atoms. The van der Waals surface area contributed by atoms with E-state index in [-0.39, 0.29) is 12.2 Å². The van der Waals surface area contributed by atoms with Gasteiger partial charge in [0.15, 0.2) is 0 Å². The predicted molar refractivity (Wildman–Crippen MR) is 35.5 cm³/mol. The summed E-state index contributed by atoms with van der Waals surface area (Å²) in [6.07, 6.45) is -0.166. The number of hydrogen-bond acceptors (Lipinski definition) is 3. The molecule has 4 nitrogen and oxygen atoms in total. The molecular weight excluding hydrogens is 153 g/mol. The van der Waals surface area contributed by atoms with Gasteiger partial charge in [0.2, 0.25) is 12.2 Å². The Labute approximate surface area is 60.7 Å². The number of hydrogen-bond donors (Lipinski definition) is 0. The van der Waals surface area contributed by atoms with E-state index in [2.05, 4.69) is 0 Å². The van der Waals surface area contributed by atoms with Gasteiger partial charge < -0.3 is 9.79 Å². The highest BCUT2D eigenvalue weighted by molar-refractivity contribution is 7.36. The Morgan fingerprint density at radius 1 is 1.70 bits per heavy atom. The van der Waals surface area contributed by atoms with Crippen LogP contribution in [0.1, 0.15) is 13.8 Å². The summed E-state index contributed by atoms with van der Waals surface area (Å²) >= 11 is 0. The molecule has 1 atom stereocenters. The lowest BCUT2D eigenvalue weighted by Gasteiger charge is -2.12. The van der Waals surface area contributed by atoms with Crippen LogP contribution in [0.25, 0.3) is 0 Å². The molecule has 1 unspecified atom stereocenters. The van der Waals surface area contributed by atoms with Crippen LogP contribution in [0.4, 0.5) is 0 Å². The van der Waals surface area contributed by atoms with Crippen molar-refractivity contribution in [2.24, 2.45) is 0 Å². The Kier molecular flexibility index (Phi) is 4.16. The first-order valence-corrected chi connectivity index (χ1v) is 4.31. The van der Waals surface area contributed by atoms with Crippen molar-refractivity contribution in [3.05, 3.63) is 0 Å². The van der Waals surface area contributed by atoms with Crippen LogP contribution in [0.2, 0.25) is 0 Å². The summed E-state index contributed by atoms with van der Waals surface area (Å²) in [5.41, 5.74) is 0. The lowest BCUT2D eigenvalue weighted by molar-refractivity contribution is -0.167. The van der Waals surface area contributed by atoms with E-state index in [1.807, 2.05) is 0 Å². The lowest BCUT2D eigenvalue weighted by Crippen LogP contribution is -2.28. The highest BCUT2D eigenvalue weighted by Crippen LogP contribution is 2.08. The van der Waals surface area contributed by atoms with Gasteiger partial charge in [-0.25, -0.2) is 0 Å². The van der Waals surface area contributed by atoms with Crippen LogP contribution in [-0.2, 0) is 9.36 Å². The molecule has 0 heterocycles. The Balaban J connectivity index is 3.83. The third-order valence-corrected chi connectivity index (χ3v) is 1.69. The zero-order valence-corrected chi connectivity index (χ0v) is 6.93. The molecule has 1 amide bonds. The second-order valence-corrected chi connectivity index (χ2v) is 2.80. The van der Waals surface area contributed by atoms with Crippen molar-refractivity contribution in [1.29, 1.82) is 0 Å². The van der Waals surface area contributed by atoms with Gasteiger partial charge in [-0.05, 0) is 6.92 Å². The fourth-order valence-corrected chi connectivity index (χ4v) is 1.24. The van der Waals surface area contributed by atoms with Crippen molar-refractivity contribution in [3.63, 3.8) is 0 Å². The van der Waals surface area contributed by atoms with E-state index in [1.165, 1.54) is 11.8 Å². The Hall–Kier alpha value is -0.470. The molecule has 0 aliphatic heterocycles. The number of amides is 1. The van der Waals surface area contributed by atoms with E-state index in [9.17, 15) is 14.3 Å². The SMILES string of the molecule is CCN(C[P+](=O)[O-])C(C)=O. The van der Waals surface area contributed by atoms with Gasteiger partial charge in [0.05, 0.1) is 0 Å². The van der Waals surface area contributed by atoms with Crippen molar-refractivity contribution >= 4 is 13.9 Å². The molecule has 0 radical (unpaired) electrons. The third-order valence-electron chi connectivity index (χ3n) is 1.11. The second-order valence-electron chi connectivity index (χ2n) is 1.85. The Morgan fingerprint density at radius 3 is 2.30 bits per heavy atom. The standard InChI is InChI=1S/C5H10NO3P/c1-3-6(5(2)7)4-10(8)9/h3-4H2,1-2H3. The van der Waals surface area contributed by atoms with Gasteiger partial charge in [-0.2, -0.15) is 0 Å². The first-order chi connectivity index (χ1) is 4.57. The summed E-state index contributed by atoms with van der Waals surface area (Å²) in [4.78, 5) is 21.9. The zero-order chi connectivity index (χ0) is 8.15. The van der Waals surface area contributed by atoms with E-state index in [0.29, 0.717) is 6.54 Å². The summed E-state index contributed by atoms with van der Waals surface area (Å²) < 4.78 is 10.1. The first kappa shape index (κ1) is 9.53. The Morgan fingerprint density at radius 2 is 2.20 bits per heavy atom. The average Bonchev–Trinajstić information content (AvgIpc) is 1.81. The molecule has 0 saturated heterocycles. The highest BCUT2D eigenvalue weighted by atomic mass is 31.1. The largest absolute Gasteiger partial charge is 0.594 e. The molecule has 0 aromatic rings. The third kappa shape index (κ3) is 3.54. The summed E-state index contributed by atoms with van der Waals surface area (Å²) in [6, 6.07) is 0. The van der Waals surface area contributed by atoms with Crippen molar-refractivity contribution in [2.75, 3.05) is 12.8 Å². The molecule has 0 aromatic carbocycles. The van der Waals surface area contributed by atoms with Crippen LogP contribution in [-0.4, -0.2) is 23.6 Å². The van der Waals surface area contributed by atoms with Crippen molar-refractivity contribution < 1.29 is 14.3 Å². The molecule has 58 valence electrons. The van der Waals surface area contributed by atoms with E-state index < -0.39 is 8.03 Å². The molecule has 0 aliphatic carbocycles. The van der Waals surface area contributed by atoms with Crippen LogP contribution in [0.5, 0.6) is 0 Å². The molecule has 0 fully saturated rings. The van der Waals surface area contributed by atoms with Crippen molar-refractivity contribution in [3.8, 4) is 0 Å². The maximum absolute atomic E-state index is 10.6. The van der Waals surface area contributed by atoms with Crippen LogP contribution in [0.3, 0.4) is 0 Å². The summed E-state index contributed by atoms with van der Waals surface area (Å²) in [7, 11) is -2.47. The van der Waals surface area contributed by atoms with Gasteiger partial charge in [-0.15, -0.1) is 0 Å². The normalized spacial score (nSPS) is 10.9. The van der Waals surface area contributed by atoms with Crippen LogP contribution in [0, 0.1) is 0 Å². The van der Waals surface area contributed by atoms with Gasteiger partial charge >= 0.3 is 8.03 Å². The number of rotatable bonds is 3. The lowest BCUT2D eigenvalue weighted by atomic mass is 10.6. The fourth-order valence-electron chi connectivity index (χ4n) is 0.562. The maximum atomic E-state index is 10.6. The predicted octanol–water partition coefficient (Wildman–Crippen LogP) is -0.0850. The van der Waals surface area contributed by atoms with E-state index in [1.54, 1.807) is 6.92 Å². The summed E-state index contributed by atoms with van der Waals surface area (Å²) in [6.45, 7) is 3.53. The maximum Gasteiger partial charge on any atom is 0.330 e. The molecule has 10 heavy (non-hydrogen) atoms. The average molecular weight is 163 g/mol. The van der Waals surface area contributed by atoms with E-state index in [4.69, 9.17) is 0 Å².